The zero-order valence-corrected chi connectivity index (χ0v) is 19.9. The van der Waals surface area contributed by atoms with E-state index in [1.165, 1.54) is 47.6 Å². The van der Waals surface area contributed by atoms with Crippen LogP contribution in [0.3, 0.4) is 0 Å². The highest BCUT2D eigenvalue weighted by Crippen LogP contribution is 2.42. The molecule has 11 heteroatoms. The van der Waals surface area contributed by atoms with Gasteiger partial charge in [-0.2, -0.15) is 0 Å². The number of nitrogens with one attached hydrogen (secondary N) is 1. The van der Waals surface area contributed by atoms with E-state index in [1.54, 1.807) is 19.1 Å². The first kappa shape index (κ1) is 23.6. The van der Waals surface area contributed by atoms with Crippen LogP contribution in [0.1, 0.15) is 28.9 Å². The van der Waals surface area contributed by atoms with Gasteiger partial charge in [0.15, 0.2) is 0 Å². The molecule has 0 spiro atoms. The number of halogens is 1. The van der Waals surface area contributed by atoms with Gasteiger partial charge < -0.3 is 14.5 Å². The largest absolute Gasteiger partial charge is 0.455 e. The number of hydrogen-bond acceptors (Lipinski definition) is 6. The molecule has 1 atom stereocenters. The Labute approximate surface area is 196 Å². The number of carbonyl (C=O) groups is 2. The van der Waals surface area contributed by atoms with Crippen molar-refractivity contribution in [2.75, 3.05) is 37.8 Å². The molecule has 0 bridgehead atoms. The fourth-order valence-corrected chi connectivity index (χ4v) is 5.17. The average Bonchev–Trinajstić information content (AvgIpc) is 3.10. The van der Waals surface area contributed by atoms with E-state index >= 15 is 0 Å². The summed E-state index contributed by atoms with van der Waals surface area (Å²) in [5, 5.41) is 3.02. The van der Waals surface area contributed by atoms with Gasteiger partial charge in [-0.25, -0.2) is 17.6 Å². The second kappa shape index (κ2) is 8.64. The third kappa shape index (κ3) is 3.96. The molecule has 1 N–H and O–H groups in total. The van der Waals surface area contributed by atoms with Crippen LogP contribution in [0.25, 0.3) is 22.3 Å². The highest BCUT2D eigenvalue weighted by atomic mass is 32.2. The minimum Gasteiger partial charge on any atom is -0.455 e. The molecule has 1 unspecified atom stereocenters. The topological polar surface area (TPSA) is 109 Å². The lowest BCUT2D eigenvalue weighted by atomic mass is 9.99. The maximum atomic E-state index is 13.5. The molecule has 0 fully saturated rings. The molecule has 3 aromatic rings. The van der Waals surface area contributed by atoms with Gasteiger partial charge in [0.25, 0.3) is 5.91 Å². The zero-order valence-electron chi connectivity index (χ0n) is 19.1. The highest BCUT2D eigenvalue weighted by Gasteiger charge is 2.34. The molecule has 0 aliphatic carbocycles. The Hall–Kier alpha value is -3.60. The zero-order chi connectivity index (χ0) is 24.8. The van der Waals surface area contributed by atoms with Crippen LogP contribution in [0.5, 0.6) is 0 Å². The van der Waals surface area contributed by atoms with Gasteiger partial charge in [-0.1, -0.05) is 0 Å². The minimum atomic E-state index is -3.70. The van der Waals surface area contributed by atoms with Crippen LogP contribution >= 0.6 is 0 Å². The van der Waals surface area contributed by atoms with Crippen molar-refractivity contribution in [1.29, 1.82) is 0 Å². The quantitative estimate of drug-likeness (QED) is 0.603. The standard InChI is InChI=1S/C23H24FN3O6S/c1-13-16-11-17-19(12-18(16)27(34(4,30)31)10-9-26(13)23(29)32-3)33-21(20(17)22(28)25-2)14-5-7-15(24)8-6-14/h5-8,11-13H,9-10H2,1-4H3,(H,25,28). The Morgan fingerprint density at radius 3 is 2.44 bits per heavy atom. The summed E-state index contributed by atoms with van der Waals surface area (Å²) < 4.78 is 50.9. The van der Waals surface area contributed by atoms with Gasteiger partial charge in [0, 0.05) is 30.6 Å². The Kier molecular flexibility index (Phi) is 5.98. The molecule has 1 aliphatic heterocycles. The molecule has 1 aromatic heterocycles. The second-order valence-corrected chi connectivity index (χ2v) is 9.88. The predicted octanol–water partition coefficient (Wildman–Crippen LogP) is 3.51. The third-order valence-corrected chi connectivity index (χ3v) is 7.12. The van der Waals surface area contributed by atoms with E-state index in [1.807, 2.05) is 0 Å². The lowest BCUT2D eigenvalue weighted by molar-refractivity contribution is 0.0964. The molecule has 0 saturated heterocycles. The SMILES string of the molecule is CNC(=O)c1c(-c2ccc(F)cc2)oc2cc3c(cc12)C(C)N(C(=O)OC)CCN3S(C)(=O)=O. The Balaban J connectivity index is 2.03. The molecule has 0 radical (unpaired) electrons. The fourth-order valence-electron chi connectivity index (χ4n) is 4.25. The number of sulfonamides is 1. The van der Waals surface area contributed by atoms with Crippen molar-refractivity contribution < 1.29 is 31.6 Å². The van der Waals surface area contributed by atoms with E-state index in [0.29, 0.717) is 22.2 Å². The van der Waals surface area contributed by atoms with Crippen molar-refractivity contribution in [2.24, 2.45) is 0 Å². The van der Waals surface area contributed by atoms with E-state index in [9.17, 15) is 22.4 Å². The van der Waals surface area contributed by atoms with E-state index in [-0.39, 0.29) is 30.0 Å². The van der Waals surface area contributed by atoms with Crippen molar-refractivity contribution in [3.05, 3.63) is 53.3 Å². The number of amides is 2. The van der Waals surface area contributed by atoms with E-state index in [4.69, 9.17) is 9.15 Å². The minimum absolute atomic E-state index is 0.0185. The number of methoxy groups -OCH3 is 1. The van der Waals surface area contributed by atoms with Gasteiger partial charge in [0.2, 0.25) is 10.0 Å². The lowest BCUT2D eigenvalue weighted by Gasteiger charge is -2.26. The van der Waals surface area contributed by atoms with Crippen LogP contribution < -0.4 is 9.62 Å². The molecule has 1 aliphatic rings. The van der Waals surface area contributed by atoms with Gasteiger partial charge in [0.05, 0.1) is 37.2 Å². The van der Waals surface area contributed by atoms with Gasteiger partial charge in [-0.05, 0) is 42.8 Å². The lowest BCUT2D eigenvalue weighted by Crippen LogP contribution is -2.38. The van der Waals surface area contributed by atoms with Gasteiger partial charge in [-0.3, -0.25) is 14.0 Å². The van der Waals surface area contributed by atoms with Crippen LogP contribution in [0, 0.1) is 5.82 Å². The van der Waals surface area contributed by atoms with Crippen LogP contribution in [-0.4, -0.2) is 58.8 Å². The third-order valence-electron chi connectivity index (χ3n) is 5.94. The summed E-state index contributed by atoms with van der Waals surface area (Å²) in [6, 6.07) is 8.17. The average molecular weight is 490 g/mol. The Bertz CT molecular complexity index is 1380. The molecule has 180 valence electrons. The van der Waals surface area contributed by atoms with Crippen molar-refractivity contribution >= 4 is 38.7 Å². The van der Waals surface area contributed by atoms with Gasteiger partial charge in [0.1, 0.15) is 17.2 Å². The second-order valence-electron chi connectivity index (χ2n) is 7.97. The monoisotopic (exact) mass is 489 g/mol. The number of anilines is 1. The summed E-state index contributed by atoms with van der Waals surface area (Å²) in [4.78, 5) is 26.7. The molecule has 4 rings (SSSR count). The molecular formula is C23H24FN3O6S. The van der Waals surface area contributed by atoms with Gasteiger partial charge >= 0.3 is 6.09 Å². The van der Waals surface area contributed by atoms with Crippen molar-refractivity contribution in [2.45, 2.75) is 13.0 Å². The molecule has 34 heavy (non-hydrogen) atoms. The fraction of sp³-hybridized carbons (Fsp3) is 0.304. The van der Waals surface area contributed by atoms with Gasteiger partial charge in [-0.15, -0.1) is 0 Å². The van der Waals surface area contributed by atoms with Crippen LogP contribution in [0.2, 0.25) is 0 Å². The van der Waals surface area contributed by atoms with E-state index < -0.39 is 33.9 Å². The van der Waals surface area contributed by atoms with Crippen molar-refractivity contribution in [1.82, 2.24) is 10.2 Å². The molecule has 0 saturated carbocycles. The number of benzene rings is 2. The smallest absolute Gasteiger partial charge is 0.410 e. The summed E-state index contributed by atoms with van der Waals surface area (Å²) in [7, 11) is -0.965. The molecule has 2 aromatic carbocycles. The summed E-state index contributed by atoms with van der Waals surface area (Å²) >= 11 is 0. The number of furan rings is 1. The summed E-state index contributed by atoms with van der Waals surface area (Å²) in [5.74, 6) is -0.643. The van der Waals surface area contributed by atoms with Crippen LogP contribution in [0.4, 0.5) is 14.9 Å². The summed E-state index contributed by atoms with van der Waals surface area (Å²) in [6.45, 7) is 1.89. The number of nitrogens with zero attached hydrogens (tertiary/aromatic N) is 2. The first-order chi connectivity index (χ1) is 16.1. The Morgan fingerprint density at radius 1 is 1.18 bits per heavy atom. The number of carbonyl (C=O) groups excluding carboxylic acids is 2. The van der Waals surface area contributed by atoms with Crippen LogP contribution in [0.15, 0.2) is 40.8 Å². The Morgan fingerprint density at radius 2 is 1.85 bits per heavy atom. The maximum absolute atomic E-state index is 13.5. The van der Waals surface area contributed by atoms with E-state index in [2.05, 4.69) is 5.32 Å². The first-order valence-corrected chi connectivity index (χ1v) is 12.3. The molecular weight excluding hydrogens is 465 g/mol. The predicted molar refractivity (Wildman–Crippen MR) is 125 cm³/mol. The van der Waals surface area contributed by atoms with Crippen molar-refractivity contribution in [3.63, 3.8) is 0 Å². The molecule has 2 amide bonds. The van der Waals surface area contributed by atoms with E-state index in [0.717, 1.165) is 6.26 Å². The maximum Gasteiger partial charge on any atom is 0.410 e. The number of fused-ring (bicyclic) bond motifs is 2. The highest BCUT2D eigenvalue weighted by molar-refractivity contribution is 7.92. The number of rotatable bonds is 3. The normalized spacial score (nSPS) is 16.2. The van der Waals surface area contributed by atoms with Crippen molar-refractivity contribution in [3.8, 4) is 11.3 Å². The van der Waals surface area contributed by atoms with Crippen LogP contribution in [-0.2, 0) is 14.8 Å². The summed E-state index contributed by atoms with van der Waals surface area (Å²) in [6.07, 6.45) is 0.487. The number of hydrogen-bond donors (Lipinski definition) is 1. The first-order valence-electron chi connectivity index (χ1n) is 10.5. The number of ether oxygens (including phenoxy) is 1. The summed E-state index contributed by atoms with van der Waals surface area (Å²) in [5.41, 5.74) is 1.84. The molecule has 9 nitrogen and oxygen atoms in total. The molecule has 2 heterocycles.